The van der Waals surface area contributed by atoms with Crippen molar-refractivity contribution in [2.24, 2.45) is 14.1 Å². The molecule has 0 radical (unpaired) electrons. The van der Waals surface area contributed by atoms with Gasteiger partial charge in [-0.15, -0.1) is 0 Å². The predicted molar refractivity (Wildman–Crippen MR) is 166 cm³/mol. The first-order valence-corrected chi connectivity index (χ1v) is 13.7. The van der Waals surface area contributed by atoms with E-state index >= 15 is 0 Å². The first-order valence-electron chi connectivity index (χ1n) is 13.7. The van der Waals surface area contributed by atoms with Crippen LogP contribution < -0.4 is 0 Å². The third-order valence-electron chi connectivity index (χ3n) is 7.97. The van der Waals surface area contributed by atoms with Gasteiger partial charge in [-0.05, 0) is 48.5 Å². The van der Waals surface area contributed by atoms with Crippen molar-refractivity contribution in [1.29, 1.82) is 0 Å². The Morgan fingerprint density at radius 2 is 1.41 bits per heavy atom. The van der Waals surface area contributed by atoms with Gasteiger partial charge in [-0.2, -0.15) is 0 Å². The van der Waals surface area contributed by atoms with E-state index in [0.29, 0.717) is 0 Å². The Bertz CT molecular complexity index is 2250. The molecule has 0 saturated heterocycles. The van der Waals surface area contributed by atoms with Crippen molar-refractivity contribution < 1.29 is 0 Å². The van der Waals surface area contributed by atoms with Crippen LogP contribution in [0, 0.1) is 0 Å². The van der Waals surface area contributed by atoms with E-state index < -0.39 is 0 Å². The second-order valence-corrected chi connectivity index (χ2v) is 10.4. The summed E-state index contributed by atoms with van der Waals surface area (Å²) in [6, 6.07) is 36.2. The number of fused-ring (bicyclic) bond motifs is 4. The maximum absolute atomic E-state index is 4.98. The quantitative estimate of drug-likeness (QED) is 0.233. The van der Waals surface area contributed by atoms with E-state index in [0.717, 1.165) is 61.8 Å². The van der Waals surface area contributed by atoms with E-state index in [1.807, 2.05) is 42.3 Å². The number of aryl methyl sites for hydroxylation is 2. The Hall–Kier alpha value is -5.49. The van der Waals surface area contributed by atoms with Crippen molar-refractivity contribution in [3.05, 3.63) is 122 Å². The monoisotopic (exact) mass is 530 g/mol. The van der Waals surface area contributed by atoms with Crippen LogP contribution in [0.5, 0.6) is 0 Å². The second kappa shape index (κ2) is 9.03. The number of rotatable bonds is 4. The number of imidazole rings is 2. The number of nitrogens with zero attached hydrogens (tertiary/aromatic N) is 6. The number of para-hydroxylation sites is 3. The Labute approximate surface area is 236 Å². The van der Waals surface area contributed by atoms with E-state index in [1.165, 1.54) is 10.8 Å². The molecule has 0 spiro atoms. The maximum Gasteiger partial charge on any atom is 0.141 e. The fourth-order valence-electron chi connectivity index (χ4n) is 6.02. The first kappa shape index (κ1) is 23.4. The highest BCUT2D eigenvalue weighted by molar-refractivity contribution is 6.10. The van der Waals surface area contributed by atoms with Gasteiger partial charge < -0.3 is 13.7 Å². The van der Waals surface area contributed by atoms with Crippen molar-refractivity contribution in [3.8, 4) is 39.7 Å². The molecule has 0 unspecified atom stereocenters. The number of pyridine rings is 1. The van der Waals surface area contributed by atoms with E-state index in [9.17, 15) is 0 Å². The molecule has 0 bridgehead atoms. The first-order chi connectivity index (χ1) is 20.2. The fraction of sp³-hybridized carbons (Fsp3) is 0.0571. The molecule has 0 amide bonds. The minimum Gasteiger partial charge on any atom is -0.334 e. The molecule has 196 valence electrons. The van der Waals surface area contributed by atoms with Gasteiger partial charge in [0.05, 0.1) is 27.8 Å². The SMILES string of the molecule is Cn1ccnc1-c1cccnc1-c1cccc(-n2c3ccccc3c3ccc(-c4nc5ccccc5n4C)cc32)c1. The molecular weight excluding hydrogens is 504 g/mol. The lowest BCUT2D eigenvalue weighted by molar-refractivity contribution is 0.924. The van der Waals surface area contributed by atoms with Gasteiger partial charge in [-0.3, -0.25) is 4.98 Å². The summed E-state index contributed by atoms with van der Waals surface area (Å²) < 4.78 is 6.55. The molecule has 8 rings (SSSR count). The molecule has 4 heterocycles. The van der Waals surface area contributed by atoms with Gasteiger partial charge >= 0.3 is 0 Å². The Kier molecular flexibility index (Phi) is 5.15. The molecule has 4 aromatic carbocycles. The fourth-order valence-corrected chi connectivity index (χ4v) is 6.02. The summed E-state index contributed by atoms with van der Waals surface area (Å²) in [6.45, 7) is 0. The summed E-state index contributed by atoms with van der Waals surface area (Å²) in [7, 11) is 4.09. The second-order valence-electron chi connectivity index (χ2n) is 10.4. The van der Waals surface area contributed by atoms with Gasteiger partial charge in [0.1, 0.15) is 11.6 Å². The zero-order valence-electron chi connectivity index (χ0n) is 22.7. The van der Waals surface area contributed by atoms with Gasteiger partial charge in [-0.25, -0.2) is 9.97 Å². The zero-order chi connectivity index (χ0) is 27.5. The van der Waals surface area contributed by atoms with Gasteiger partial charge in [0.25, 0.3) is 0 Å². The number of hydrogen-bond acceptors (Lipinski definition) is 3. The normalized spacial score (nSPS) is 11.7. The third kappa shape index (κ3) is 3.61. The van der Waals surface area contributed by atoms with E-state index in [-0.39, 0.29) is 0 Å². The molecule has 6 heteroatoms. The Morgan fingerprint density at radius 1 is 0.585 bits per heavy atom. The van der Waals surface area contributed by atoms with E-state index in [1.54, 1.807) is 0 Å². The maximum atomic E-state index is 4.98. The standard InChI is InChI=1S/C35H26N6/c1-39-20-19-37-35(39)28-12-8-18-36-33(28)23-9-7-10-25(21-23)41-30-14-5-3-11-26(30)27-17-16-24(22-32(27)41)34-38-29-13-4-6-15-31(29)40(34)2/h3-22H,1-2H3. The summed E-state index contributed by atoms with van der Waals surface area (Å²) >= 11 is 0. The van der Waals surface area contributed by atoms with Crippen LogP contribution in [0.3, 0.4) is 0 Å². The lowest BCUT2D eigenvalue weighted by atomic mass is 10.0. The molecule has 8 aromatic rings. The minimum atomic E-state index is 0.891. The predicted octanol–water partition coefficient (Wildman–Crippen LogP) is 7.80. The molecule has 0 atom stereocenters. The molecule has 4 aromatic heterocycles. The van der Waals surface area contributed by atoms with Crippen LogP contribution in [0.4, 0.5) is 0 Å². The molecule has 0 fully saturated rings. The summed E-state index contributed by atoms with van der Waals surface area (Å²) in [5.41, 5.74) is 9.52. The van der Waals surface area contributed by atoms with Crippen molar-refractivity contribution in [3.63, 3.8) is 0 Å². The minimum absolute atomic E-state index is 0.891. The third-order valence-corrected chi connectivity index (χ3v) is 7.97. The van der Waals surface area contributed by atoms with Crippen molar-refractivity contribution in [2.45, 2.75) is 0 Å². The Morgan fingerprint density at radius 3 is 2.27 bits per heavy atom. The van der Waals surface area contributed by atoms with Crippen LogP contribution in [0.2, 0.25) is 0 Å². The van der Waals surface area contributed by atoms with Gasteiger partial charge in [0, 0.05) is 65.8 Å². The van der Waals surface area contributed by atoms with Crippen molar-refractivity contribution >= 4 is 32.8 Å². The summed E-state index contributed by atoms with van der Waals surface area (Å²) in [6.07, 6.45) is 5.63. The van der Waals surface area contributed by atoms with Crippen LogP contribution in [-0.2, 0) is 14.1 Å². The number of benzene rings is 4. The molecular formula is C35H26N6. The highest BCUT2D eigenvalue weighted by Crippen LogP contribution is 2.37. The van der Waals surface area contributed by atoms with Gasteiger partial charge in [0.2, 0.25) is 0 Å². The van der Waals surface area contributed by atoms with Crippen molar-refractivity contribution in [1.82, 2.24) is 28.7 Å². The van der Waals surface area contributed by atoms with Crippen LogP contribution >= 0.6 is 0 Å². The summed E-state index contributed by atoms with van der Waals surface area (Å²) in [5.74, 6) is 1.84. The lowest BCUT2D eigenvalue weighted by Gasteiger charge is -2.13. The van der Waals surface area contributed by atoms with Crippen molar-refractivity contribution in [2.75, 3.05) is 0 Å². The molecule has 0 aliphatic rings. The van der Waals surface area contributed by atoms with E-state index in [2.05, 4.69) is 112 Å². The smallest absolute Gasteiger partial charge is 0.141 e. The molecule has 0 aliphatic carbocycles. The average Bonchev–Trinajstić information content (AvgIpc) is 3.70. The van der Waals surface area contributed by atoms with Gasteiger partial charge in [-0.1, -0.05) is 54.6 Å². The molecule has 0 aliphatic heterocycles. The van der Waals surface area contributed by atoms with Crippen LogP contribution in [-0.4, -0.2) is 28.7 Å². The average molecular weight is 531 g/mol. The molecule has 0 N–H and O–H groups in total. The van der Waals surface area contributed by atoms with Gasteiger partial charge in [0.15, 0.2) is 0 Å². The molecule has 0 saturated carbocycles. The summed E-state index contributed by atoms with van der Waals surface area (Å²) in [5, 5.41) is 2.43. The Balaban J connectivity index is 1.35. The number of hydrogen-bond donors (Lipinski definition) is 0. The summed E-state index contributed by atoms with van der Waals surface area (Å²) in [4.78, 5) is 14.4. The van der Waals surface area contributed by atoms with Crippen LogP contribution in [0.25, 0.3) is 72.6 Å². The lowest BCUT2D eigenvalue weighted by Crippen LogP contribution is -1.98. The van der Waals surface area contributed by atoms with Crippen LogP contribution in [0.1, 0.15) is 0 Å². The highest BCUT2D eigenvalue weighted by atomic mass is 15.1. The zero-order valence-corrected chi connectivity index (χ0v) is 22.7. The topological polar surface area (TPSA) is 53.5 Å². The van der Waals surface area contributed by atoms with E-state index in [4.69, 9.17) is 9.97 Å². The largest absolute Gasteiger partial charge is 0.334 e. The molecule has 6 nitrogen and oxygen atoms in total. The van der Waals surface area contributed by atoms with Crippen LogP contribution in [0.15, 0.2) is 122 Å². The molecule has 41 heavy (non-hydrogen) atoms. The number of aromatic nitrogens is 6. The highest BCUT2D eigenvalue weighted by Gasteiger charge is 2.17.